The van der Waals surface area contributed by atoms with Crippen molar-refractivity contribution in [2.45, 2.75) is 19.8 Å². The lowest BCUT2D eigenvalue weighted by Crippen LogP contribution is -1.97. The first-order valence-electron chi connectivity index (χ1n) is 4.68. The highest BCUT2D eigenvalue weighted by atomic mass is 16.1. The minimum Gasteiger partial charge on any atom is -0.304 e. The first-order valence-corrected chi connectivity index (χ1v) is 4.68. The smallest absolute Gasteiger partial charge is 0.136 e. The van der Waals surface area contributed by atoms with E-state index in [1.54, 1.807) is 6.92 Å². The molecule has 0 spiro atoms. The third-order valence-corrected chi connectivity index (χ3v) is 2.23. The van der Waals surface area contributed by atoms with E-state index in [2.05, 4.69) is 4.98 Å². The molecule has 2 rings (SSSR count). The van der Waals surface area contributed by atoms with Gasteiger partial charge < -0.3 is 9.20 Å². The summed E-state index contributed by atoms with van der Waals surface area (Å²) in [6, 6.07) is 5.88. The Kier molecular flexibility index (Phi) is 2.31. The Balaban J connectivity index is 2.29. The molecule has 0 atom stereocenters. The molecule has 0 saturated carbocycles. The van der Waals surface area contributed by atoms with Crippen molar-refractivity contribution >= 4 is 11.4 Å². The Labute approximate surface area is 82.4 Å². The maximum absolute atomic E-state index is 10.8. The zero-order chi connectivity index (χ0) is 9.97. The van der Waals surface area contributed by atoms with Crippen LogP contribution in [0.4, 0.5) is 0 Å². The summed E-state index contributed by atoms with van der Waals surface area (Å²) in [5.74, 6) is 0.218. The Bertz CT molecular complexity index is 459. The molecular weight excluding hydrogens is 176 g/mol. The summed E-state index contributed by atoms with van der Waals surface area (Å²) in [7, 11) is 0. The third kappa shape index (κ3) is 1.66. The van der Waals surface area contributed by atoms with E-state index < -0.39 is 0 Å². The zero-order valence-electron chi connectivity index (χ0n) is 8.10. The second-order valence-electron chi connectivity index (χ2n) is 3.38. The minimum absolute atomic E-state index is 0.218. The zero-order valence-corrected chi connectivity index (χ0v) is 8.10. The maximum Gasteiger partial charge on any atom is 0.136 e. The second kappa shape index (κ2) is 3.62. The molecule has 14 heavy (non-hydrogen) atoms. The van der Waals surface area contributed by atoms with Gasteiger partial charge in [-0.15, -0.1) is 0 Å². The van der Waals surface area contributed by atoms with E-state index in [0.717, 1.165) is 17.8 Å². The number of nitrogens with zero attached hydrogens (tertiary/aromatic N) is 2. The molecule has 0 aliphatic rings. The molecule has 0 unspecified atom stereocenters. The Morgan fingerprint density at radius 1 is 1.50 bits per heavy atom. The minimum atomic E-state index is 0.218. The highest BCUT2D eigenvalue weighted by molar-refractivity contribution is 5.75. The number of fused-ring (bicyclic) bond motifs is 1. The molecule has 2 aromatic heterocycles. The topological polar surface area (TPSA) is 34.4 Å². The third-order valence-electron chi connectivity index (χ3n) is 2.23. The number of hydrogen-bond acceptors (Lipinski definition) is 2. The molecule has 0 bridgehead atoms. The molecule has 2 aromatic rings. The number of pyridine rings is 1. The number of imidazole rings is 1. The van der Waals surface area contributed by atoms with Gasteiger partial charge in [-0.05, 0) is 25.5 Å². The normalized spacial score (nSPS) is 10.6. The van der Waals surface area contributed by atoms with E-state index in [0.29, 0.717) is 6.42 Å². The Hall–Kier alpha value is -1.64. The van der Waals surface area contributed by atoms with Gasteiger partial charge in [0.15, 0.2) is 0 Å². The van der Waals surface area contributed by atoms with Crippen molar-refractivity contribution in [1.82, 2.24) is 9.38 Å². The second-order valence-corrected chi connectivity index (χ2v) is 3.38. The molecule has 0 amide bonds. The molecular formula is C11H12N2O. The van der Waals surface area contributed by atoms with Crippen molar-refractivity contribution in [1.29, 1.82) is 0 Å². The largest absolute Gasteiger partial charge is 0.304 e. The molecule has 0 aliphatic carbocycles. The van der Waals surface area contributed by atoms with Crippen molar-refractivity contribution in [3.05, 3.63) is 36.3 Å². The lowest BCUT2D eigenvalue weighted by Gasteiger charge is -1.98. The number of Topliss-reactive ketones (excluding diaryl/α,β-unsaturated/α-hetero) is 1. The summed E-state index contributed by atoms with van der Waals surface area (Å²) in [6.45, 7) is 1.61. The van der Waals surface area contributed by atoms with Crippen molar-refractivity contribution in [3.63, 3.8) is 0 Å². The summed E-state index contributed by atoms with van der Waals surface area (Å²) in [6.07, 6.45) is 5.15. The Morgan fingerprint density at radius 2 is 2.36 bits per heavy atom. The van der Waals surface area contributed by atoms with Crippen molar-refractivity contribution < 1.29 is 4.79 Å². The van der Waals surface area contributed by atoms with Crippen LogP contribution in [0.3, 0.4) is 0 Å². The van der Waals surface area contributed by atoms with Gasteiger partial charge in [0.05, 0.1) is 0 Å². The quantitative estimate of drug-likeness (QED) is 0.736. The predicted molar refractivity (Wildman–Crippen MR) is 54.2 cm³/mol. The van der Waals surface area contributed by atoms with Crippen LogP contribution < -0.4 is 0 Å². The molecule has 0 aliphatic heterocycles. The number of ketones is 1. The van der Waals surface area contributed by atoms with Crippen LogP contribution in [0, 0.1) is 0 Å². The molecule has 0 radical (unpaired) electrons. The number of aryl methyl sites for hydroxylation is 1. The van der Waals surface area contributed by atoms with Crippen molar-refractivity contribution in [3.8, 4) is 0 Å². The average molecular weight is 188 g/mol. The van der Waals surface area contributed by atoms with Gasteiger partial charge in [0.25, 0.3) is 0 Å². The van der Waals surface area contributed by atoms with Crippen molar-refractivity contribution in [2.24, 2.45) is 0 Å². The van der Waals surface area contributed by atoms with Crippen LogP contribution in [0.1, 0.15) is 19.0 Å². The molecule has 0 N–H and O–H groups in total. The number of hydrogen-bond donors (Lipinski definition) is 0. The maximum atomic E-state index is 10.8. The van der Waals surface area contributed by atoms with E-state index >= 15 is 0 Å². The standard InChI is InChI=1S/C11H12N2O/c1-9(14)5-6-10-8-12-11-4-2-3-7-13(10)11/h2-4,7-8H,5-6H2,1H3. The first kappa shape index (κ1) is 8.94. The predicted octanol–water partition coefficient (Wildman–Crippen LogP) is 1.86. The van der Waals surface area contributed by atoms with E-state index in [1.165, 1.54) is 0 Å². The lowest BCUT2D eigenvalue weighted by atomic mass is 10.2. The van der Waals surface area contributed by atoms with E-state index in [1.807, 2.05) is 35.0 Å². The highest BCUT2D eigenvalue weighted by Gasteiger charge is 2.02. The molecule has 72 valence electrons. The first-order chi connectivity index (χ1) is 6.77. The monoisotopic (exact) mass is 188 g/mol. The SMILES string of the molecule is CC(=O)CCc1cnc2ccccn12. The van der Waals surface area contributed by atoms with Crippen LogP contribution in [0.15, 0.2) is 30.6 Å². The Morgan fingerprint density at radius 3 is 3.14 bits per heavy atom. The van der Waals surface area contributed by atoms with Crippen LogP contribution in [0.2, 0.25) is 0 Å². The van der Waals surface area contributed by atoms with Gasteiger partial charge in [0, 0.05) is 24.5 Å². The fraction of sp³-hybridized carbons (Fsp3) is 0.273. The number of carbonyl (C=O) groups excluding carboxylic acids is 1. The molecule has 3 heteroatoms. The van der Waals surface area contributed by atoms with E-state index in [4.69, 9.17) is 0 Å². The van der Waals surface area contributed by atoms with Crippen LogP contribution in [-0.2, 0) is 11.2 Å². The fourth-order valence-corrected chi connectivity index (χ4v) is 1.47. The molecule has 0 saturated heterocycles. The van der Waals surface area contributed by atoms with Gasteiger partial charge in [-0.1, -0.05) is 6.07 Å². The van der Waals surface area contributed by atoms with Crippen LogP contribution in [0.5, 0.6) is 0 Å². The summed E-state index contributed by atoms with van der Waals surface area (Å²) < 4.78 is 2.02. The van der Waals surface area contributed by atoms with Crippen molar-refractivity contribution in [2.75, 3.05) is 0 Å². The van der Waals surface area contributed by atoms with Gasteiger partial charge in [-0.25, -0.2) is 4.98 Å². The number of carbonyl (C=O) groups is 1. The summed E-state index contributed by atoms with van der Waals surface area (Å²) in [4.78, 5) is 15.1. The van der Waals surface area contributed by atoms with E-state index in [-0.39, 0.29) is 5.78 Å². The molecule has 3 nitrogen and oxygen atoms in total. The van der Waals surface area contributed by atoms with Gasteiger partial charge in [0.2, 0.25) is 0 Å². The molecule has 0 aromatic carbocycles. The van der Waals surface area contributed by atoms with Crippen LogP contribution in [0.25, 0.3) is 5.65 Å². The molecule has 2 heterocycles. The lowest BCUT2D eigenvalue weighted by molar-refractivity contribution is -0.116. The van der Waals surface area contributed by atoms with Gasteiger partial charge >= 0.3 is 0 Å². The van der Waals surface area contributed by atoms with Crippen LogP contribution in [-0.4, -0.2) is 15.2 Å². The summed E-state index contributed by atoms with van der Waals surface area (Å²) in [5.41, 5.74) is 2.03. The fourth-order valence-electron chi connectivity index (χ4n) is 1.47. The summed E-state index contributed by atoms with van der Waals surface area (Å²) in [5, 5.41) is 0. The van der Waals surface area contributed by atoms with Gasteiger partial charge in [-0.3, -0.25) is 0 Å². The highest BCUT2D eigenvalue weighted by Crippen LogP contribution is 2.08. The van der Waals surface area contributed by atoms with Crippen LogP contribution >= 0.6 is 0 Å². The molecule has 0 fully saturated rings. The number of rotatable bonds is 3. The average Bonchev–Trinajstić information content (AvgIpc) is 2.58. The van der Waals surface area contributed by atoms with E-state index in [9.17, 15) is 4.79 Å². The number of aromatic nitrogens is 2. The summed E-state index contributed by atoms with van der Waals surface area (Å²) >= 11 is 0. The van der Waals surface area contributed by atoms with Gasteiger partial charge in [0.1, 0.15) is 11.4 Å². The van der Waals surface area contributed by atoms with Gasteiger partial charge in [-0.2, -0.15) is 0 Å².